The first kappa shape index (κ1) is 30.4. The van der Waals surface area contributed by atoms with E-state index in [2.05, 4.69) is 18.1 Å². The fourth-order valence-electron chi connectivity index (χ4n) is 7.68. The first-order valence-electron chi connectivity index (χ1n) is 15.0. The van der Waals surface area contributed by atoms with Crippen molar-refractivity contribution in [1.82, 2.24) is 14.7 Å². The molecule has 0 aliphatic carbocycles. The van der Waals surface area contributed by atoms with Crippen molar-refractivity contribution >= 4 is 23.4 Å². The van der Waals surface area contributed by atoms with E-state index in [-0.39, 0.29) is 43.3 Å². The number of amides is 3. The maximum absolute atomic E-state index is 14.5. The number of likely N-dealkylation sites (tertiary alicyclic amines) is 1. The summed E-state index contributed by atoms with van der Waals surface area (Å²) in [6.07, 6.45) is 3.83. The standard InChI is InChI=1S/C32H44N4O6/c1-5-12-34(15-14-33-17-20-41-21-18-33)30(40)27-32-22-23(3)31(4,42-32)25(26(32)29(39)36(27)16-19-37)28(38)35(13-6-2)24-10-8-7-9-11-24/h5-11,23,25-27,37H,1-2,12-22H2,3-4H3/t23?,25-,26-,27?,31+,32?/m0/s1. The van der Waals surface area contributed by atoms with Gasteiger partial charge in [0.1, 0.15) is 11.6 Å². The molecule has 4 heterocycles. The van der Waals surface area contributed by atoms with Gasteiger partial charge < -0.3 is 29.3 Å². The molecule has 4 fully saturated rings. The second-order valence-corrected chi connectivity index (χ2v) is 12.1. The Bertz CT molecular complexity index is 1190. The molecule has 4 saturated heterocycles. The zero-order valence-electron chi connectivity index (χ0n) is 24.8. The molecule has 1 N–H and O–H groups in total. The molecule has 10 heteroatoms. The van der Waals surface area contributed by atoms with Crippen LogP contribution >= 0.6 is 0 Å². The lowest BCUT2D eigenvalue weighted by Gasteiger charge is -2.39. The molecule has 1 spiro atoms. The number of morpholine rings is 1. The van der Waals surface area contributed by atoms with Crippen molar-refractivity contribution in [3.05, 3.63) is 55.6 Å². The van der Waals surface area contributed by atoms with Crippen LogP contribution in [0.1, 0.15) is 20.3 Å². The minimum atomic E-state index is -1.17. The Labute approximate surface area is 248 Å². The number of nitrogens with zero attached hydrogens (tertiary/aromatic N) is 4. The lowest BCUT2D eigenvalue weighted by Crippen LogP contribution is -2.58. The molecule has 42 heavy (non-hydrogen) atoms. The summed E-state index contributed by atoms with van der Waals surface area (Å²) in [6.45, 7) is 16.0. The first-order chi connectivity index (χ1) is 20.2. The maximum Gasteiger partial charge on any atom is 0.248 e. The van der Waals surface area contributed by atoms with Crippen LogP contribution in [0.15, 0.2) is 55.6 Å². The van der Waals surface area contributed by atoms with Gasteiger partial charge in [-0.1, -0.05) is 37.3 Å². The van der Waals surface area contributed by atoms with Gasteiger partial charge in [-0.2, -0.15) is 0 Å². The van der Waals surface area contributed by atoms with E-state index >= 15 is 0 Å². The molecule has 4 aliphatic heterocycles. The molecular formula is C32H44N4O6. The molecule has 0 aromatic heterocycles. The van der Waals surface area contributed by atoms with Gasteiger partial charge in [-0.3, -0.25) is 19.3 Å². The molecule has 3 amide bonds. The Hall–Kier alpha value is -3.05. The van der Waals surface area contributed by atoms with Crippen molar-refractivity contribution in [2.45, 2.75) is 37.5 Å². The minimum Gasteiger partial charge on any atom is -0.395 e. The third kappa shape index (κ3) is 4.98. The van der Waals surface area contributed by atoms with Gasteiger partial charge >= 0.3 is 0 Å². The van der Waals surface area contributed by atoms with E-state index in [0.29, 0.717) is 45.0 Å². The average molecular weight is 581 g/mol. The van der Waals surface area contributed by atoms with Crippen LogP contribution < -0.4 is 4.90 Å². The number of aliphatic hydroxyl groups excluding tert-OH is 1. The third-order valence-electron chi connectivity index (χ3n) is 9.75. The molecule has 6 atom stereocenters. The number of hydrogen-bond acceptors (Lipinski definition) is 7. The first-order valence-corrected chi connectivity index (χ1v) is 15.0. The summed E-state index contributed by atoms with van der Waals surface area (Å²) in [7, 11) is 0. The van der Waals surface area contributed by atoms with Crippen molar-refractivity contribution < 1.29 is 29.0 Å². The van der Waals surface area contributed by atoms with Gasteiger partial charge in [-0.05, 0) is 31.4 Å². The molecule has 1 aromatic carbocycles. The van der Waals surface area contributed by atoms with E-state index in [1.54, 1.807) is 22.0 Å². The molecule has 10 nitrogen and oxygen atoms in total. The molecule has 228 valence electrons. The summed E-state index contributed by atoms with van der Waals surface area (Å²) in [5.74, 6) is -2.48. The summed E-state index contributed by atoms with van der Waals surface area (Å²) in [4.78, 5) is 50.3. The summed E-state index contributed by atoms with van der Waals surface area (Å²) in [5.41, 5.74) is -1.40. The highest BCUT2D eigenvalue weighted by molar-refractivity contribution is 6.03. The SMILES string of the molecule is C=CCN(CCN1CCOCC1)C(=O)C1N(CCO)C(=O)[C@@H]2[C@@H](C(=O)N(CC=C)c3ccccc3)[C@]3(C)OC12CC3C. The Morgan fingerprint density at radius 2 is 1.79 bits per heavy atom. The predicted octanol–water partition coefficient (Wildman–Crippen LogP) is 1.56. The topological polar surface area (TPSA) is 103 Å². The molecule has 0 radical (unpaired) electrons. The monoisotopic (exact) mass is 580 g/mol. The number of anilines is 1. The Morgan fingerprint density at radius 1 is 1.10 bits per heavy atom. The Morgan fingerprint density at radius 3 is 2.43 bits per heavy atom. The van der Waals surface area contributed by atoms with Crippen molar-refractivity contribution in [1.29, 1.82) is 0 Å². The Balaban J connectivity index is 1.51. The number of ether oxygens (including phenoxy) is 2. The average Bonchev–Trinajstić information content (AvgIpc) is 3.51. The summed E-state index contributed by atoms with van der Waals surface area (Å²) >= 11 is 0. The highest BCUT2D eigenvalue weighted by Gasteiger charge is 2.80. The van der Waals surface area contributed by atoms with Crippen LogP contribution in [0, 0.1) is 17.8 Å². The van der Waals surface area contributed by atoms with Crippen LogP contribution in [0.5, 0.6) is 0 Å². The van der Waals surface area contributed by atoms with Crippen LogP contribution in [0.4, 0.5) is 5.69 Å². The third-order valence-corrected chi connectivity index (χ3v) is 9.75. The van der Waals surface area contributed by atoms with Crippen LogP contribution in [0.2, 0.25) is 0 Å². The van der Waals surface area contributed by atoms with Crippen LogP contribution in [-0.4, -0.2) is 120 Å². The van der Waals surface area contributed by atoms with Gasteiger partial charge in [0.25, 0.3) is 0 Å². The van der Waals surface area contributed by atoms with Gasteiger partial charge in [0.15, 0.2) is 0 Å². The number of aliphatic hydroxyl groups is 1. The van der Waals surface area contributed by atoms with E-state index in [1.165, 1.54) is 4.90 Å². The van der Waals surface area contributed by atoms with E-state index in [0.717, 1.165) is 13.1 Å². The lowest BCUT2D eigenvalue weighted by molar-refractivity contribution is -0.152. The van der Waals surface area contributed by atoms with Gasteiger partial charge in [-0.25, -0.2) is 0 Å². The van der Waals surface area contributed by atoms with Gasteiger partial charge in [-0.15, -0.1) is 13.2 Å². The number of carbonyl (C=O) groups is 3. The number of fused-ring (bicyclic) bond motifs is 1. The zero-order chi connectivity index (χ0) is 30.1. The smallest absolute Gasteiger partial charge is 0.248 e. The van der Waals surface area contributed by atoms with Gasteiger partial charge in [0.05, 0.1) is 37.3 Å². The molecule has 1 aromatic rings. The van der Waals surface area contributed by atoms with Crippen LogP contribution in [0.3, 0.4) is 0 Å². The molecule has 4 aliphatic rings. The predicted molar refractivity (Wildman–Crippen MR) is 159 cm³/mol. The van der Waals surface area contributed by atoms with Crippen molar-refractivity contribution in [2.75, 3.05) is 70.5 Å². The van der Waals surface area contributed by atoms with Crippen molar-refractivity contribution in [3.63, 3.8) is 0 Å². The van der Waals surface area contributed by atoms with E-state index in [1.807, 2.05) is 44.2 Å². The van der Waals surface area contributed by atoms with Gasteiger partial charge in [0.2, 0.25) is 17.7 Å². The fraction of sp³-hybridized carbons (Fsp3) is 0.594. The summed E-state index contributed by atoms with van der Waals surface area (Å²) < 4.78 is 12.3. The summed E-state index contributed by atoms with van der Waals surface area (Å²) in [6, 6.07) is 8.39. The molecule has 3 unspecified atom stereocenters. The zero-order valence-corrected chi connectivity index (χ0v) is 24.8. The highest BCUT2D eigenvalue weighted by Crippen LogP contribution is 2.65. The van der Waals surface area contributed by atoms with E-state index in [9.17, 15) is 19.5 Å². The minimum absolute atomic E-state index is 0.0106. The summed E-state index contributed by atoms with van der Waals surface area (Å²) in [5, 5.41) is 9.99. The van der Waals surface area contributed by atoms with Crippen LogP contribution in [0.25, 0.3) is 0 Å². The van der Waals surface area contributed by atoms with Crippen LogP contribution in [-0.2, 0) is 23.9 Å². The second kappa shape index (κ2) is 12.3. The molecule has 0 saturated carbocycles. The number of carbonyl (C=O) groups excluding carboxylic acids is 3. The number of para-hydroxylation sites is 1. The van der Waals surface area contributed by atoms with Gasteiger partial charge in [0, 0.05) is 51.5 Å². The molecule has 5 rings (SSSR count). The fourth-order valence-corrected chi connectivity index (χ4v) is 7.68. The lowest BCUT2D eigenvalue weighted by atomic mass is 9.62. The van der Waals surface area contributed by atoms with Crippen molar-refractivity contribution in [3.8, 4) is 0 Å². The number of β-amino-alcohol motifs (C(OH)–C–C–N with tert-alkyl or cyclic N) is 1. The number of benzene rings is 1. The molecular weight excluding hydrogens is 536 g/mol. The maximum atomic E-state index is 14.5. The quantitative estimate of drug-likeness (QED) is 0.375. The van der Waals surface area contributed by atoms with E-state index in [4.69, 9.17) is 9.47 Å². The molecule has 2 bridgehead atoms. The Kier molecular flexibility index (Phi) is 8.89. The largest absolute Gasteiger partial charge is 0.395 e. The second-order valence-electron chi connectivity index (χ2n) is 12.1. The van der Waals surface area contributed by atoms with E-state index < -0.39 is 29.1 Å². The number of hydrogen-bond donors (Lipinski definition) is 1. The number of rotatable bonds is 12. The normalized spacial score (nSPS) is 32.1. The van der Waals surface area contributed by atoms with Crippen molar-refractivity contribution in [2.24, 2.45) is 17.8 Å². The highest BCUT2D eigenvalue weighted by atomic mass is 16.5.